The van der Waals surface area contributed by atoms with Crippen molar-refractivity contribution in [1.82, 2.24) is 10.3 Å². The third-order valence-electron chi connectivity index (χ3n) is 3.56. The van der Waals surface area contributed by atoms with Crippen LogP contribution in [0.15, 0.2) is 24.3 Å². The predicted octanol–water partition coefficient (Wildman–Crippen LogP) is 1.31. The lowest BCUT2D eigenvalue weighted by Crippen LogP contribution is -2.48. The maximum Gasteiger partial charge on any atom is 0.124 e. The average Bonchev–Trinajstić information content (AvgIpc) is 2.47. The molecular weight excluding hydrogens is 254 g/mol. The molecule has 0 aliphatic carbocycles. The first-order valence-electron chi connectivity index (χ1n) is 7.24. The van der Waals surface area contributed by atoms with Gasteiger partial charge in [-0.15, -0.1) is 0 Å². The monoisotopic (exact) mass is 279 g/mol. The summed E-state index contributed by atoms with van der Waals surface area (Å²) in [7, 11) is 2.10. The molecule has 3 N–H and O–H groups in total. The normalized spacial score (nSPS) is 21.6. The van der Waals surface area contributed by atoms with Gasteiger partial charge in [-0.25, -0.2) is 0 Å². The van der Waals surface area contributed by atoms with Crippen LogP contribution in [0.3, 0.4) is 0 Å². The van der Waals surface area contributed by atoms with E-state index in [2.05, 4.69) is 24.3 Å². The Labute approximate surface area is 121 Å². The van der Waals surface area contributed by atoms with Crippen molar-refractivity contribution in [3.8, 4) is 5.75 Å². The molecule has 1 heterocycles. The maximum atomic E-state index is 5.88. The second-order valence-electron chi connectivity index (χ2n) is 5.20. The lowest BCUT2D eigenvalue weighted by molar-refractivity contribution is -0.0397. The molecule has 1 aromatic carbocycles. The number of hydrogen-bond donors (Lipinski definition) is 2. The SMILES string of the molecule is CCCOc1ccccc1C(NN)C1CN(C)CCO1. The minimum Gasteiger partial charge on any atom is -0.493 e. The third kappa shape index (κ3) is 3.70. The molecule has 0 saturated carbocycles. The van der Waals surface area contributed by atoms with E-state index in [4.69, 9.17) is 15.3 Å². The number of rotatable bonds is 6. The first-order valence-corrected chi connectivity index (χ1v) is 7.24. The molecule has 2 unspecified atom stereocenters. The topological polar surface area (TPSA) is 59.8 Å². The van der Waals surface area contributed by atoms with Gasteiger partial charge in [0.25, 0.3) is 0 Å². The van der Waals surface area contributed by atoms with Crippen LogP contribution in [0.4, 0.5) is 0 Å². The van der Waals surface area contributed by atoms with E-state index in [1.165, 1.54) is 0 Å². The fraction of sp³-hybridized carbons (Fsp3) is 0.600. The van der Waals surface area contributed by atoms with Crippen LogP contribution in [0.25, 0.3) is 0 Å². The summed E-state index contributed by atoms with van der Waals surface area (Å²) in [5.74, 6) is 6.66. The van der Waals surface area contributed by atoms with Gasteiger partial charge in [0.1, 0.15) is 5.75 Å². The van der Waals surface area contributed by atoms with E-state index in [0.29, 0.717) is 6.61 Å². The standard InChI is InChI=1S/C15H25N3O2/c1-3-9-19-13-7-5-4-6-12(13)15(17-16)14-11-18(2)8-10-20-14/h4-7,14-15,17H,3,8-11,16H2,1-2H3. The summed E-state index contributed by atoms with van der Waals surface area (Å²) in [6, 6.07) is 7.96. The number of benzene rings is 1. The quantitative estimate of drug-likeness (QED) is 0.607. The summed E-state index contributed by atoms with van der Waals surface area (Å²) >= 11 is 0. The number of nitrogens with zero attached hydrogens (tertiary/aromatic N) is 1. The van der Waals surface area contributed by atoms with Crippen molar-refractivity contribution in [1.29, 1.82) is 0 Å². The fourth-order valence-corrected chi connectivity index (χ4v) is 2.49. The molecule has 0 bridgehead atoms. The Balaban J connectivity index is 2.17. The number of para-hydroxylation sites is 1. The molecule has 5 nitrogen and oxygen atoms in total. The highest BCUT2D eigenvalue weighted by atomic mass is 16.5. The summed E-state index contributed by atoms with van der Waals surface area (Å²) in [6.07, 6.45) is 1.02. The largest absolute Gasteiger partial charge is 0.493 e. The zero-order chi connectivity index (χ0) is 14.4. The number of hydrogen-bond acceptors (Lipinski definition) is 5. The lowest BCUT2D eigenvalue weighted by atomic mass is 9.99. The molecule has 5 heteroatoms. The van der Waals surface area contributed by atoms with Crippen LogP contribution in [0, 0.1) is 0 Å². The van der Waals surface area contributed by atoms with Crippen molar-refractivity contribution >= 4 is 0 Å². The summed E-state index contributed by atoms with van der Waals surface area (Å²) in [5, 5.41) is 0. The molecular formula is C15H25N3O2. The lowest BCUT2D eigenvalue weighted by Gasteiger charge is -2.35. The van der Waals surface area contributed by atoms with Crippen LogP contribution in [0.2, 0.25) is 0 Å². The Morgan fingerprint density at radius 2 is 2.30 bits per heavy atom. The van der Waals surface area contributed by atoms with Crippen molar-refractivity contribution in [3.05, 3.63) is 29.8 Å². The highest BCUT2D eigenvalue weighted by Gasteiger charge is 2.29. The number of hydrazine groups is 1. The van der Waals surface area contributed by atoms with E-state index in [1.54, 1.807) is 0 Å². The highest BCUT2D eigenvalue weighted by Crippen LogP contribution is 2.29. The van der Waals surface area contributed by atoms with Gasteiger partial charge in [-0.05, 0) is 19.5 Å². The molecule has 1 fully saturated rings. The maximum absolute atomic E-state index is 5.88. The highest BCUT2D eigenvalue weighted by molar-refractivity contribution is 5.36. The average molecular weight is 279 g/mol. The van der Waals surface area contributed by atoms with Gasteiger partial charge < -0.3 is 14.4 Å². The zero-order valence-corrected chi connectivity index (χ0v) is 12.3. The molecule has 1 aliphatic rings. The molecule has 2 rings (SSSR count). The van der Waals surface area contributed by atoms with Gasteiger partial charge in [-0.2, -0.15) is 0 Å². The van der Waals surface area contributed by atoms with Gasteiger partial charge in [0, 0.05) is 18.7 Å². The first kappa shape index (κ1) is 15.3. The van der Waals surface area contributed by atoms with Crippen molar-refractivity contribution in [2.45, 2.75) is 25.5 Å². The Kier molecular flexibility index (Phi) is 5.79. The minimum atomic E-state index is -0.0641. The number of morpholine rings is 1. The molecule has 0 amide bonds. The van der Waals surface area contributed by atoms with Crippen LogP contribution >= 0.6 is 0 Å². The summed E-state index contributed by atoms with van der Waals surface area (Å²) < 4.78 is 11.7. The molecule has 2 atom stereocenters. The van der Waals surface area contributed by atoms with Crippen LogP contribution in [0.5, 0.6) is 5.75 Å². The van der Waals surface area contributed by atoms with Crippen molar-refractivity contribution < 1.29 is 9.47 Å². The molecule has 0 aromatic heterocycles. The van der Waals surface area contributed by atoms with Gasteiger partial charge in [0.15, 0.2) is 0 Å². The fourth-order valence-electron chi connectivity index (χ4n) is 2.49. The Morgan fingerprint density at radius 3 is 3.00 bits per heavy atom. The van der Waals surface area contributed by atoms with E-state index in [-0.39, 0.29) is 12.1 Å². The van der Waals surface area contributed by atoms with Crippen molar-refractivity contribution in [2.75, 3.05) is 33.4 Å². The second-order valence-corrected chi connectivity index (χ2v) is 5.20. The Morgan fingerprint density at radius 1 is 1.50 bits per heavy atom. The summed E-state index contributed by atoms with van der Waals surface area (Å²) in [6.45, 7) is 5.36. The predicted molar refractivity (Wildman–Crippen MR) is 79.5 cm³/mol. The van der Waals surface area contributed by atoms with E-state index < -0.39 is 0 Å². The van der Waals surface area contributed by atoms with Crippen LogP contribution in [-0.4, -0.2) is 44.4 Å². The third-order valence-corrected chi connectivity index (χ3v) is 3.56. The minimum absolute atomic E-state index is 0.0325. The van der Waals surface area contributed by atoms with Gasteiger partial charge in [-0.1, -0.05) is 25.1 Å². The Bertz CT molecular complexity index is 414. The molecule has 1 saturated heterocycles. The Hall–Kier alpha value is -1.14. The summed E-state index contributed by atoms with van der Waals surface area (Å²) in [5.41, 5.74) is 3.95. The zero-order valence-electron chi connectivity index (χ0n) is 12.3. The van der Waals surface area contributed by atoms with E-state index >= 15 is 0 Å². The van der Waals surface area contributed by atoms with Crippen LogP contribution < -0.4 is 16.0 Å². The first-order chi connectivity index (χ1) is 9.76. The van der Waals surface area contributed by atoms with Crippen LogP contribution in [0.1, 0.15) is 24.9 Å². The molecule has 1 aliphatic heterocycles. The summed E-state index contributed by atoms with van der Waals surface area (Å²) in [4.78, 5) is 2.26. The number of ether oxygens (including phenoxy) is 2. The van der Waals surface area contributed by atoms with Crippen molar-refractivity contribution in [2.24, 2.45) is 5.84 Å². The molecule has 0 spiro atoms. The molecule has 112 valence electrons. The van der Waals surface area contributed by atoms with Gasteiger partial charge in [-0.3, -0.25) is 11.3 Å². The van der Waals surface area contributed by atoms with Gasteiger partial charge in [0.2, 0.25) is 0 Å². The smallest absolute Gasteiger partial charge is 0.124 e. The van der Waals surface area contributed by atoms with Crippen molar-refractivity contribution in [3.63, 3.8) is 0 Å². The number of likely N-dealkylation sites (N-methyl/N-ethyl adjacent to an activating group) is 1. The van der Waals surface area contributed by atoms with E-state index in [0.717, 1.165) is 37.4 Å². The van der Waals surface area contributed by atoms with E-state index in [1.807, 2.05) is 24.3 Å². The van der Waals surface area contributed by atoms with Crippen LogP contribution in [-0.2, 0) is 4.74 Å². The second kappa shape index (κ2) is 7.59. The van der Waals surface area contributed by atoms with Gasteiger partial charge >= 0.3 is 0 Å². The number of nitrogens with two attached hydrogens (primary N) is 1. The molecule has 1 aromatic rings. The molecule has 20 heavy (non-hydrogen) atoms. The number of nitrogens with one attached hydrogen (secondary N) is 1. The van der Waals surface area contributed by atoms with Gasteiger partial charge in [0.05, 0.1) is 25.4 Å². The molecule has 0 radical (unpaired) electrons. The van der Waals surface area contributed by atoms with E-state index in [9.17, 15) is 0 Å².